The summed E-state index contributed by atoms with van der Waals surface area (Å²) in [6, 6.07) is 10.4. The Balaban J connectivity index is 2.27. The van der Waals surface area contributed by atoms with Gasteiger partial charge in [-0.2, -0.15) is 4.31 Å². The van der Waals surface area contributed by atoms with E-state index < -0.39 is 10.0 Å². The molecule has 0 radical (unpaired) electrons. The lowest BCUT2D eigenvalue weighted by molar-refractivity contribution is -0.133. The lowest BCUT2D eigenvalue weighted by atomic mass is 9.87. The zero-order chi connectivity index (χ0) is 24.1. The Bertz CT molecular complexity index is 989. The van der Waals surface area contributed by atoms with Crippen molar-refractivity contribution >= 4 is 15.9 Å². The van der Waals surface area contributed by atoms with Crippen molar-refractivity contribution in [3.63, 3.8) is 0 Å². The molecule has 8 heteroatoms. The molecule has 0 fully saturated rings. The highest BCUT2D eigenvalue weighted by molar-refractivity contribution is 7.89. The quantitative estimate of drug-likeness (QED) is 0.541. The molecule has 0 aliphatic carbocycles. The molecule has 1 heterocycles. The Morgan fingerprint density at radius 1 is 1.12 bits per heavy atom. The van der Waals surface area contributed by atoms with Crippen molar-refractivity contribution in [2.24, 2.45) is 7.05 Å². The molecular weight excluding hydrogens is 426 g/mol. The second kappa shape index (κ2) is 10.6. The summed E-state index contributed by atoms with van der Waals surface area (Å²) >= 11 is 0. The number of amides is 1. The Morgan fingerprint density at radius 3 is 2.22 bits per heavy atom. The first-order valence-corrected chi connectivity index (χ1v) is 12.3. The van der Waals surface area contributed by atoms with Crippen LogP contribution in [-0.2, 0) is 38.6 Å². The van der Waals surface area contributed by atoms with Crippen LogP contribution in [0.1, 0.15) is 45.9 Å². The molecule has 0 spiro atoms. The number of nitrogens with zero attached hydrogens (tertiary/aromatic N) is 3. The predicted octanol–water partition coefficient (Wildman–Crippen LogP) is 3.40. The normalized spacial score (nSPS) is 12.5. The average molecular weight is 464 g/mol. The molecule has 0 unspecified atom stereocenters. The Labute approximate surface area is 193 Å². The molecule has 0 N–H and O–H groups in total. The van der Waals surface area contributed by atoms with Gasteiger partial charge in [-0.05, 0) is 49.1 Å². The van der Waals surface area contributed by atoms with Crippen LogP contribution >= 0.6 is 0 Å². The highest BCUT2D eigenvalue weighted by atomic mass is 32.2. The van der Waals surface area contributed by atoms with Crippen LogP contribution in [0.25, 0.3) is 0 Å². The lowest BCUT2D eigenvalue weighted by Crippen LogP contribution is -2.46. The topological polar surface area (TPSA) is 71.8 Å². The Morgan fingerprint density at radius 2 is 1.75 bits per heavy atom. The van der Waals surface area contributed by atoms with Crippen LogP contribution in [0.2, 0.25) is 0 Å². The summed E-state index contributed by atoms with van der Waals surface area (Å²) < 4.78 is 35.2. The summed E-state index contributed by atoms with van der Waals surface area (Å²) in [4.78, 5) is 15.1. The summed E-state index contributed by atoms with van der Waals surface area (Å²) in [5, 5.41) is 0. The van der Waals surface area contributed by atoms with E-state index in [1.807, 2.05) is 42.1 Å². The Kier molecular flexibility index (Phi) is 8.67. The van der Waals surface area contributed by atoms with Gasteiger partial charge in [0, 0.05) is 38.6 Å². The first kappa shape index (κ1) is 26.1. The highest BCUT2D eigenvalue weighted by Gasteiger charge is 2.31. The first-order chi connectivity index (χ1) is 14.9. The average Bonchev–Trinajstić information content (AvgIpc) is 3.12. The van der Waals surface area contributed by atoms with Gasteiger partial charge < -0.3 is 14.2 Å². The van der Waals surface area contributed by atoms with Crippen LogP contribution in [-0.4, -0.2) is 60.9 Å². The first-order valence-electron chi connectivity index (χ1n) is 10.9. The van der Waals surface area contributed by atoms with Gasteiger partial charge in [0.2, 0.25) is 15.9 Å². The minimum absolute atomic E-state index is 0.0746. The minimum atomic E-state index is -3.83. The van der Waals surface area contributed by atoms with E-state index in [2.05, 4.69) is 20.8 Å². The number of benzene rings is 1. The van der Waals surface area contributed by atoms with Gasteiger partial charge in [-0.1, -0.05) is 32.9 Å². The molecule has 2 rings (SSSR count). The van der Waals surface area contributed by atoms with Gasteiger partial charge in [0.1, 0.15) is 0 Å². The Hall–Kier alpha value is -2.16. The zero-order valence-electron chi connectivity index (χ0n) is 20.3. The van der Waals surface area contributed by atoms with E-state index in [0.29, 0.717) is 19.7 Å². The van der Waals surface area contributed by atoms with Crippen LogP contribution in [0, 0.1) is 0 Å². The molecule has 0 aliphatic heterocycles. The minimum Gasteiger partial charge on any atom is -0.383 e. The molecule has 1 amide bonds. The second-order valence-corrected chi connectivity index (χ2v) is 11.2. The van der Waals surface area contributed by atoms with Crippen molar-refractivity contribution in [2.45, 2.75) is 57.5 Å². The summed E-state index contributed by atoms with van der Waals surface area (Å²) in [5.41, 5.74) is 1.94. The molecule has 178 valence electrons. The largest absolute Gasteiger partial charge is 0.383 e. The molecule has 32 heavy (non-hydrogen) atoms. The summed E-state index contributed by atoms with van der Waals surface area (Å²) in [6.07, 6.45) is 1.92. The van der Waals surface area contributed by atoms with Crippen LogP contribution in [0.5, 0.6) is 0 Å². The third-order valence-electron chi connectivity index (χ3n) is 5.52. The van der Waals surface area contributed by atoms with Gasteiger partial charge in [-0.15, -0.1) is 0 Å². The lowest BCUT2D eigenvalue weighted by Gasteiger charge is -2.29. The van der Waals surface area contributed by atoms with Crippen LogP contribution in [0.3, 0.4) is 0 Å². The number of carbonyl (C=O) groups excluding carboxylic acids is 1. The van der Waals surface area contributed by atoms with Crippen molar-refractivity contribution in [1.29, 1.82) is 0 Å². The number of aryl methyl sites for hydroxylation is 1. The van der Waals surface area contributed by atoms with Gasteiger partial charge >= 0.3 is 0 Å². The van der Waals surface area contributed by atoms with Crippen LogP contribution in [0.15, 0.2) is 47.5 Å². The molecule has 0 bridgehead atoms. The van der Waals surface area contributed by atoms with Crippen LogP contribution < -0.4 is 0 Å². The molecule has 2 aromatic rings. The fraction of sp³-hybridized carbons (Fsp3) is 0.542. The van der Waals surface area contributed by atoms with Crippen molar-refractivity contribution in [3.8, 4) is 0 Å². The number of methoxy groups -OCH3 is 1. The third kappa shape index (κ3) is 6.43. The summed E-state index contributed by atoms with van der Waals surface area (Å²) in [7, 11) is -0.335. The standard InChI is InChI=1S/C24H37N3O4S/c1-19(2)27(32(29,30)22-12-10-20(11-13-22)24(3,4)5)18-23(28)26(15-16-31-7)17-21-9-8-14-25(21)6/h8-14,19H,15-18H2,1-7H3. The maximum absolute atomic E-state index is 13.4. The van der Waals surface area contributed by atoms with E-state index in [4.69, 9.17) is 4.74 Å². The van der Waals surface area contributed by atoms with E-state index in [1.165, 1.54) is 4.31 Å². The van der Waals surface area contributed by atoms with Gasteiger partial charge in [0.25, 0.3) is 0 Å². The molecule has 7 nitrogen and oxygen atoms in total. The van der Waals surface area contributed by atoms with E-state index >= 15 is 0 Å². The van der Waals surface area contributed by atoms with Gasteiger partial charge in [-0.3, -0.25) is 4.79 Å². The second-order valence-electron chi connectivity index (χ2n) is 9.34. The zero-order valence-corrected chi connectivity index (χ0v) is 21.1. The van der Waals surface area contributed by atoms with Gasteiger partial charge in [0.15, 0.2) is 0 Å². The molecule has 0 saturated carbocycles. The van der Waals surface area contributed by atoms with E-state index in [1.54, 1.807) is 38.0 Å². The van der Waals surface area contributed by atoms with Crippen molar-refractivity contribution in [3.05, 3.63) is 53.9 Å². The SMILES string of the molecule is COCCN(Cc1cccn1C)C(=O)CN(C(C)C)S(=O)(=O)c1ccc(C(C)(C)C)cc1. The fourth-order valence-corrected chi connectivity index (χ4v) is 4.98. The molecule has 0 atom stereocenters. The number of sulfonamides is 1. The smallest absolute Gasteiger partial charge is 0.243 e. The molecular formula is C24H37N3O4S. The van der Waals surface area contributed by atoms with E-state index in [9.17, 15) is 13.2 Å². The number of aromatic nitrogens is 1. The van der Waals surface area contributed by atoms with E-state index in [0.717, 1.165) is 11.3 Å². The number of hydrogen-bond acceptors (Lipinski definition) is 4. The molecule has 1 aromatic carbocycles. The van der Waals surface area contributed by atoms with E-state index in [-0.39, 0.29) is 28.8 Å². The summed E-state index contributed by atoms with van der Waals surface area (Å²) in [6.45, 7) is 10.7. The summed E-state index contributed by atoms with van der Waals surface area (Å²) in [5.74, 6) is -0.258. The number of ether oxygens (including phenoxy) is 1. The molecule has 1 aromatic heterocycles. The van der Waals surface area contributed by atoms with Crippen molar-refractivity contribution in [2.75, 3.05) is 26.8 Å². The maximum atomic E-state index is 13.4. The monoisotopic (exact) mass is 463 g/mol. The van der Waals surface area contributed by atoms with Crippen LogP contribution in [0.4, 0.5) is 0 Å². The maximum Gasteiger partial charge on any atom is 0.243 e. The predicted molar refractivity (Wildman–Crippen MR) is 127 cm³/mol. The van der Waals surface area contributed by atoms with Gasteiger partial charge in [0.05, 0.1) is 24.6 Å². The number of rotatable bonds is 10. The van der Waals surface area contributed by atoms with Gasteiger partial charge in [-0.25, -0.2) is 8.42 Å². The molecule has 0 aliphatic rings. The highest BCUT2D eigenvalue weighted by Crippen LogP contribution is 2.25. The number of carbonyl (C=O) groups is 1. The molecule has 0 saturated heterocycles. The van der Waals surface area contributed by atoms with Crippen molar-refractivity contribution in [1.82, 2.24) is 13.8 Å². The fourth-order valence-electron chi connectivity index (χ4n) is 3.39. The number of hydrogen-bond donors (Lipinski definition) is 0. The third-order valence-corrected chi connectivity index (χ3v) is 7.55. The van der Waals surface area contributed by atoms with Crippen molar-refractivity contribution < 1.29 is 17.9 Å².